The van der Waals surface area contributed by atoms with E-state index < -0.39 is 36.1 Å². The first-order valence-electron chi connectivity index (χ1n) is 10.9. The molecule has 0 atom stereocenters. The zero-order chi connectivity index (χ0) is 25.3. The number of nitro benzene ring substituents is 2. The molecule has 0 bridgehead atoms. The first-order valence-corrected chi connectivity index (χ1v) is 12.4. The van der Waals surface area contributed by atoms with Crippen LogP contribution in [0.4, 0.5) is 23.1 Å². The van der Waals surface area contributed by atoms with Crippen LogP contribution in [-0.4, -0.2) is 85.0 Å². The first kappa shape index (κ1) is 24.7. The number of benzene rings is 1. The van der Waals surface area contributed by atoms with Gasteiger partial charge in [-0.05, 0) is 13.8 Å². The number of sulfonamides is 1. The fraction of sp³-hybridized carbons (Fsp3) is 0.500. The quantitative estimate of drug-likeness (QED) is 0.408. The number of hydrogen-bond donors (Lipinski definition) is 0. The number of rotatable bonds is 6. The number of ether oxygens (including phenoxy) is 1. The Bertz CT molecular complexity index is 1220. The Morgan fingerprint density at radius 3 is 1.97 bits per heavy atom. The van der Waals surface area contributed by atoms with Gasteiger partial charge in [-0.15, -0.1) is 0 Å². The highest BCUT2D eigenvalue weighted by atomic mass is 32.2. The summed E-state index contributed by atoms with van der Waals surface area (Å²) in [7, 11) is -4.20. The molecule has 2 fully saturated rings. The number of hydrogen-bond acceptors (Lipinski definition) is 11. The first-order chi connectivity index (χ1) is 16.6. The maximum absolute atomic E-state index is 13.2. The molecule has 0 N–H and O–H groups in total. The minimum Gasteiger partial charge on any atom is -0.378 e. The second-order valence-corrected chi connectivity index (χ2v) is 10.2. The number of aromatic nitrogens is 2. The van der Waals surface area contributed by atoms with E-state index >= 15 is 0 Å². The Kier molecular flexibility index (Phi) is 6.82. The molecule has 4 rings (SSSR count). The van der Waals surface area contributed by atoms with Crippen LogP contribution < -0.4 is 9.80 Å². The monoisotopic (exact) mass is 507 g/mol. The van der Waals surface area contributed by atoms with Crippen LogP contribution in [0.25, 0.3) is 0 Å². The average molecular weight is 508 g/mol. The molecular weight excluding hydrogens is 482 g/mol. The van der Waals surface area contributed by atoms with Crippen LogP contribution in [0.15, 0.2) is 23.1 Å². The second kappa shape index (κ2) is 9.67. The Labute approximate surface area is 201 Å². The highest BCUT2D eigenvalue weighted by Gasteiger charge is 2.34. The van der Waals surface area contributed by atoms with E-state index in [9.17, 15) is 28.6 Å². The zero-order valence-corrected chi connectivity index (χ0v) is 20.1. The van der Waals surface area contributed by atoms with Crippen LogP contribution in [0.3, 0.4) is 0 Å². The Morgan fingerprint density at radius 1 is 0.857 bits per heavy atom. The topological polar surface area (TPSA) is 165 Å². The van der Waals surface area contributed by atoms with Crippen LogP contribution in [0.1, 0.15) is 11.3 Å². The van der Waals surface area contributed by atoms with E-state index in [0.29, 0.717) is 32.3 Å². The van der Waals surface area contributed by atoms with Crippen LogP contribution in [0.5, 0.6) is 0 Å². The normalized spacial score (nSPS) is 17.4. The molecule has 2 aliphatic rings. The molecule has 0 spiro atoms. The third-order valence-electron chi connectivity index (χ3n) is 6.04. The number of aryl methyl sites for hydroxylation is 1. The van der Waals surface area contributed by atoms with Crippen LogP contribution in [0, 0.1) is 34.1 Å². The predicted molar refractivity (Wildman–Crippen MR) is 125 cm³/mol. The largest absolute Gasteiger partial charge is 0.378 e. The van der Waals surface area contributed by atoms with Crippen molar-refractivity contribution in [3.05, 3.63) is 49.7 Å². The van der Waals surface area contributed by atoms with E-state index in [-0.39, 0.29) is 18.7 Å². The van der Waals surface area contributed by atoms with Gasteiger partial charge < -0.3 is 14.5 Å². The fourth-order valence-electron chi connectivity index (χ4n) is 4.10. The molecule has 1 aromatic heterocycles. The van der Waals surface area contributed by atoms with Gasteiger partial charge in [0.15, 0.2) is 0 Å². The average Bonchev–Trinajstić information content (AvgIpc) is 2.84. The Hall–Kier alpha value is -3.43. The summed E-state index contributed by atoms with van der Waals surface area (Å²) in [6, 6.07) is 3.65. The van der Waals surface area contributed by atoms with Gasteiger partial charge in [0, 0.05) is 63.2 Å². The van der Waals surface area contributed by atoms with Crippen molar-refractivity contribution in [2.45, 2.75) is 18.7 Å². The van der Waals surface area contributed by atoms with Gasteiger partial charge in [0.25, 0.3) is 11.4 Å². The summed E-state index contributed by atoms with van der Waals surface area (Å²) in [4.78, 5) is 33.8. The van der Waals surface area contributed by atoms with Crippen LogP contribution in [0.2, 0.25) is 0 Å². The van der Waals surface area contributed by atoms with Crippen molar-refractivity contribution < 1.29 is 23.0 Å². The summed E-state index contributed by atoms with van der Waals surface area (Å²) in [6.45, 7) is 6.49. The number of nitro groups is 2. The lowest BCUT2D eigenvalue weighted by Crippen LogP contribution is -2.49. The van der Waals surface area contributed by atoms with Gasteiger partial charge in [-0.25, -0.2) is 13.4 Å². The molecule has 0 unspecified atom stereocenters. The lowest BCUT2D eigenvalue weighted by molar-refractivity contribution is -0.395. The summed E-state index contributed by atoms with van der Waals surface area (Å²) < 4.78 is 33.0. The third-order valence-corrected chi connectivity index (χ3v) is 7.92. The molecule has 188 valence electrons. The van der Waals surface area contributed by atoms with Gasteiger partial charge >= 0.3 is 0 Å². The maximum Gasteiger partial charge on any atom is 0.280 e. The molecule has 15 heteroatoms. The molecule has 2 aromatic rings. The van der Waals surface area contributed by atoms with E-state index in [4.69, 9.17) is 4.74 Å². The summed E-state index contributed by atoms with van der Waals surface area (Å²) in [5.41, 5.74) is -0.636. The van der Waals surface area contributed by atoms with Crippen molar-refractivity contribution in [3.63, 3.8) is 0 Å². The van der Waals surface area contributed by atoms with Crippen molar-refractivity contribution in [2.24, 2.45) is 0 Å². The molecule has 14 nitrogen and oxygen atoms in total. The lowest BCUT2D eigenvalue weighted by Gasteiger charge is -2.35. The third kappa shape index (κ3) is 5.01. The van der Waals surface area contributed by atoms with Gasteiger partial charge in [0.05, 0.1) is 28.0 Å². The summed E-state index contributed by atoms with van der Waals surface area (Å²) in [5, 5.41) is 22.7. The predicted octanol–water partition coefficient (Wildman–Crippen LogP) is 1.26. The smallest absolute Gasteiger partial charge is 0.280 e. The molecule has 2 saturated heterocycles. The van der Waals surface area contributed by atoms with Crippen molar-refractivity contribution in [1.82, 2.24) is 14.3 Å². The number of piperazine rings is 1. The zero-order valence-electron chi connectivity index (χ0n) is 19.3. The van der Waals surface area contributed by atoms with Crippen molar-refractivity contribution in [3.8, 4) is 0 Å². The minimum atomic E-state index is -4.20. The minimum absolute atomic E-state index is 0.0714. The Balaban J connectivity index is 1.54. The Morgan fingerprint density at radius 2 is 1.43 bits per heavy atom. The number of nitrogens with zero attached hydrogens (tertiary/aromatic N) is 7. The number of anilines is 2. The summed E-state index contributed by atoms with van der Waals surface area (Å²) in [5.74, 6) is 1.27. The van der Waals surface area contributed by atoms with Crippen molar-refractivity contribution in [2.75, 3.05) is 62.3 Å². The molecule has 1 aromatic carbocycles. The molecule has 0 saturated carbocycles. The number of morpholine rings is 1. The van der Waals surface area contributed by atoms with E-state index in [2.05, 4.69) is 14.9 Å². The summed E-state index contributed by atoms with van der Waals surface area (Å²) in [6.07, 6.45) is 0. The molecule has 3 heterocycles. The second-order valence-electron chi connectivity index (χ2n) is 8.26. The maximum atomic E-state index is 13.2. The van der Waals surface area contributed by atoms with Gasteiger partial charge in [0.2, 0.25) is 16.0 Å². The molecule has 0 aliphatic carbocycles. The molecule has 0 amide bonds. The molecule has 2 aliphatic heterocycles. The molecule has 35 heavy (non-hydrogen) atoms. The van der Waals surface area contributed by atoms with E-state index in [1.807, 2.05) is 17.9 Å². The molecule has 0 radical (unpaired) electrons. The van der Waals surface area contributed by atoms with Crippen molar-refractivity contribution in [1.29, 1.82) is 0 Å². The van der Waals surface area contributed by atoms with Gasteiger partial charge in [-0.1, -0.05) is 0 Å². The highest BCUT2D eigenvalue weighted by molar-refractivity contribution is 7.89. The van der Waals surface area contributed by atoms with E-state index in [1.165, 1.54) is 11.2 Å². The van der Waals surface area contributed by atoms with Crippen LogP contribution in [-0.2, 0) is 14.8 Å². The fourth-order valence-corrected chi connectivity index (χ4v) is 5.56. The standard InChI is InChI=1S/C20H25N7O7S/c1-14-11-19(23-7-9-34-10-8-23)22-20(21-14)24-3-5-25(6-4-24)35(32,33)16-12-17(26(28)29)15(2)18(13-16)27(30)31/h11-13H,3-10H2,1-2H3. The van der Waals surface area contributed by atoms with E-state index in [0.717, 1.165) is 36.7 Å². The van der Waals surface area contributed by atoms with E-state index in [1.54, 1.807) is 0 Å². The van der Waals surface area contributed by atoms with Gasteiger partial charge in [-0.2, -0.15) is 9.29 Å². The highest BCUT2D eigenvalue weighted by Crippen LogP contribution is 2.33. The SMILES string of the molecule is Cc1cc(N2CCOCC2)nc(N2CCN(S(=O)(=O)c3cc([N+](=O)[O-])c(C)c([N+](=O)[O-])c3)CC2)n1. The van der Waals surface area contributed by atoms with Gasteiger partial charge in [0.1, 0.15) is 11.4 Å². The molecular formula is C20H25N7O7S. The van der Waals surface area contributed by atoms with Gasteiger partial charge in [-0.3, -0.25) is 20.2 Å². The van der Waals surface area contributed by atoms with Crippen molar-refractivity contribution >= 4 is 33.2 Å². The summed E-state index contributed by atoms with van der Waals surface area (Å²) >= 11 is 0. The van der Waals surface area contributed by atoms with Crippen LogP contribution >= 0.6 is 0 Å². The lowest BCUT2D eigenvalue weighted by atomic mass is 10.1.